The zero-order chi connectivity index (χ0) is 10.7. The Kier molecular flexibility index (Phi) is 2.58. The van der Waals surface area contributed by atoms with Gasteiger partial charge in [-0.2, -0.15) is 0 Å². The van der Waals surface area contributed by atoms with Crippen LogP contribution >= 0.6 is 0 Å². The molecule has 0 bridgehead atoms. The van der Waals surface area contributed by atoms with Crippen molar-refractivity contribution in [2.75, 3.05) is 11.1 Å². The van der Waals surface area contributed by atoms with Crippen LogP contribution in [0.3, 0.4) is 0 Å². The SMILES string of the molecule is Cc1c(N)cccc1NCc1ccon1. The van der Waals surface area contributed by atoms with Gasteiger partial charge in [-0.3, -0.25) is 0 Å². The van der Waals surface area contributed by atoms with Crippen LogP contribution < -0.4 is 11.1 Å². The van der Waals surface area contributed by atoms with E-state index in [1.54, 1.807) is 6.26 Å². The zero-order valence-corrected chi connectivity index (χ0v) is 8.53. The molecule has 0 amide bonds. The summed E-state index contributed by atoms with van der Waals surface area (Å²) in [6, 6.07) is 7.63. The largest absolute Gasteiger partial charge is 0.398 e. The van der Waals surface area contributed by atoms with Crippen molar-refractivity contribution in [1.82, 2.24) is 5.16 Å². The molecule has 0 aliphatic heterocycles. The van der Waals surface area contributed by atoms with Crippen LogP contribution in [-0.2, 0) is 6.54 Å². The number of anilines is 2. The highest BCUT2D eigenvalue weighted by Crippen LogP contribution is 2.20. The molecule has 4 heteroatoms. The summed E-state index contributed by atoms with van der Waals surface area (Å²) in [5.74, 6) is 0. The third kappa shape index (κ3) is 2.10. The summed E-state index contributed by atoms with van der Waals surface area (Å²) in [7, 11) is 0. The standard InChI is InChI=1S/C11H13N3O/c1-8-10(12)3-2-4-11(8)13-7-9-5-6-15-14-9/h2-6,13H,7,12H2,1H3. The van der Waals surface area contributed by atoms with Crippen LogP contribution in [0.2, 0.25) is 0 Å². The first kappa shape index (κ1) is 9.58. The number of nitrogen functional groups attached to an aromatic ring is 1. The fourth-order valence-corrected chi connectivity index (χ4v) is 1.36. The molecule has 4 nitrogen and oxygen atoms in total. The lowest BCUT2D eigenvalue weighted by Crippen LogP contribution is -2.02. The van der Waals surface area contributed by atoms with Crippen molar-refractivity contribution >= 4 is 11.4 Å². The molecule has 0 unspecified atom stereocenters. The van der Waals surface area contributed by atoms with Gasteiger partial charge in [0.05, 0.1) is 6.54 Å². The Morgan fingerprint density at radius 1 is 1.40 bits per heavy atom. The van der Waals surface area contributed by atoms with Crippen LogP contribution in [0.5, 0.6) is 0 Å². The Bertz CT molecular complexity index is 437. The molecule has 0 atom stereocenters. The van der Waals surface area contributed by atoms with E-state index in [9.17, 15) is 0 Å². The summed E-state index contributed by atoms with van der Waals surface area (Å²) in [4.78, 5) is 0. The molecular formula is C11H13N3O. The number of aromatic nitrogens is 1. The average Bonchev–Trinajstić information content (AvgIpc) is 2.73. The van der Waals surface area contributed by atoms with Gasteiger partial charge in [-0.15, -0.1) is 0 Å². The van der Waals surface area contributed by atoms with Crippen LogP contribution in [0.15, 0.2) is 35.1 Å². The third-order valence-corrected chi connectivity index (χ3v) is 2.33. The number of hydrogen-bond acceptors (Lipinski definition) is 4. The molecule has 1 heterocycles. The molecule has 2 aromatic rings. The summed E-state index contributed by atoms with van der Waals surface area (Å²) >= 11 is 0. The molecule has 1 aromatic heterocycles. The fraction of sp³-hybridized carbons (Fsp3) is 0.182. The Balaban J connectivity index is 2.08. The quantitative estimate of drug-likeness (QED) is 0.750. The van der Waals surface area contributed by atoms with E-state index in [4.69, 9.17) is 10.3 Å². The minimum absolute atomic E-state index is 0.640. The number of nitrogens with two attached hydrogens (primary N) is 1. The van der Waals surface area contributed by atoms with Crippen molar-refractivity contribution in [3.05, 3.63) is 41.8 Å². The first-order chi connectivity index (χ1) is 7.27. The number of benzene rings is 1. The number of nitrogens with one attached hydrogen (secondary N) is 1. The van der Waals surface area contributed by atoms with E-state index in [0.717, 1.165) is 22.6 Å². The molecule has 0 aliphatic carbocycles. The summed E-state index contributed by atoms with van der Waals surface area (Å²) in [6.07, 6.45) is 1.56. The van der Waals surface area contributed by atoms with E-state index in [-0.39, 0.29) is 0 Å². The van der Waals surface area contributed by atoms with Crippen LogP contribution in [0, 0.1) is 6.92 Å². The van der Waals surface area contributed by atoms with Gasteiger partial charge in [-0.25, -0.2) is 0 Å². The maximum absolute atomic E-state index is 5.80. The highest BCUT2D eigenvalue weighted by molar-refractivity contribution is 5.62. The second kappa shape index (κ2) is 4.04. The van der Waals surface area contributed by atoms with Gasteiger partial charge in [0, 0.05) is 17.4 Å². The van der Waals surface area contributed by atoms with Crippen LogP contribution in [0.25, 0.3) is 0 Å². The zero-order valence-electron chi connectivity index (χ0n) is 8.53. The normalized spacial score (nSPS) is 10.2. The molecule has 0 saturated carbocycles. The third-order valence-electron chi connectivity index (χ3n) is 2.33. The monoisotopic (exact) mass is 203 g/mol. The molecule has 0 radical (unpaired) electrons. The Morgan fingerprint density at radius 2 is 2.27 bits per heavy atom. The van der Waals surface area contributed by atoms with Gasteiger partial charge in [-0.1, -0.05) is 11.2 Å². The first-order valence-electron chi connectivity index (χ1n) is 4.75. The van der Waals surface area contributed by atoms with Crippen molar-refractivity contribution in [3.63, 3.8) is 0 Å². The fourth-order valence-electron chi connectivity index (χ4n) is 1.36. The van der Waals surface area contributed by atoms with Gasteiger partial charge in [0.15, 0.2) is 0 Å². The van der Waals surface area contributed by atoms with Crippen LogP contribution in [0.1, 0.15) is 11.3 Å². The van der Waals surface area contributed by atoms with Crippen molar-refractivity contribution in [2.45, 2.75) is 13.5 Å². The van der Waals surface area contributed by atoms with Crippen molar-refractivity contribution in [3.8, 4) is 0 Å². The highest BCUT2D eigenvalue weighted by Gasteiger charge is 2.01. The second-order valence-corrected chi connectivity index (χ2v) is 3.36. The van der Waals surface area contributed by atoms with E-state index < -0.39 is 0 Å². The van der Waals surface area contributed by atoms with Gasteiger partial charge in [0.1, 0.15) is 12.0 Å². The molecule has 0 saturated heterocycles. The number of nitrogens with zero attached hydrogens (tertiary/aromatic N) is 1. The summed E-state index contributed by atoms with van der Waals surface area (Å²) in [5.41, 5.74) is 9.54. The summed E-state index contributed by atoms with van der Waals surface area (Å²) in [5, 5.41) is 7.07. The predicted molar refractivity (Wildman–Crippen MR) is 59.4 cm³/mol. The van der Waals surface area contributed by atoms with Crippen molar-refractivity contribution in [2.24, 2.45) is 0 Å². The van der Waals surface area contributed by atoms with E-state index in [0.29, 0.717) is 6.54 Å². The highest BCUT2D eigenvalue weighted by atomic mass is 16.5. The lowest BCUT2D eigenvalue weighted by atomic mass is 10.1. The van der Waals surface area contributed by atoms with Crippen LogP contribution in [-0.4, -0.2) is 5.16 Å². The maximum atomic E-state index is 5.80. The summed E-state index contributed by atoms with van der Waals surface area (Å²) in [6.45, 7) is 2.63. The number of rotatable bonds is 3. The molecule has 1 aromatic carbocycles. The molecule has 78 valence electrons. The van der Waals surface area contributed by atoms with Gasteiger partial charge in [0.25, 0.3) is 0 Å². The van der Waals surface area contributed by atoms with Gasteiger partial charge >= 0.3 is 0 Å². The van der Waals surface area contributed by atoms with E-state index in [1.165, 1.54) is 0 Å². The molecule has 15 heavy (non-hydrogen) atoms. The van der Waals surface area contributed by atoms with Gasteiger partial charge in [0.2, 0.25) is 0 Å². The van der Waals surface area contributed by atoms with Gasteiger partial charge in [-0.05, 0) is 24.6 Å². The van der Waals surface area contributed by atoms with Crippen LogP contribution in [0.4, 0.5) is 11.4 Å². The molecule has 3 N–H and O–H groups in total. The lowest BCUT2D eigenvalue weighted by molar-refractivity contribution is 0.412. The maximum Gasteiger partial charge on any atom is 0.124 e. The Morgan fingerprint density at radius 3 is 3.00 bits per heavy atom. The average molecular weight is 203 g/mol. The molecule has 0 fully saturated rings. The predicted octanol–water partition coefficient (Wildman–Crippen LogP) is 2.18. The minimum Gasteiger partial charge on any atom is -0.398 e. The molecule has 0 aliphatic rings. The van der Waals surface area contributed by atoms with E-state index in [2.05, 4.69) is 10.5 Å². The second-order valence-electron chi connectivity index (χ2n) is 3.36. The van der Waals surface area contributed by atoms with E-state index >= 15 is 0 Å². The molecule has 0 spiro atoms. The summed E-state index contributed by atoms with van der Waals surface area (Å²) < 4.78 is 4.74. The first-order valence-corrected chi connectivity index (χ1v) is 4.75. The van der Waals surface area contributed by atoms with Gasteiger partial charge < -0.3 is 15.6 Å². The number of hydrogen-bond donors (Lipinski definition) is 2. The Hall–Kier alpha value is -1.97. The lowest BCUT2D eigenvalue weighted by Gasteiger charge is -2.09. The molecular weight excluding hydrogens is 190 g/mol. The van der Waals surface area contributed by atoms with Crippen molar-refractivity contribution in [1.29, 1.82) is 0 Å². The van der Waals surface area contributed by atoms with Crippen molar-refractivity contribution < 1.29 is 4.52 Å². The Labute approximate surface area is 88.1 Å². The van der Waals surface area contributed by atoms with E-state index in [1.807, 2.05) is 31.2 Å². The minimum atomic E-state index is 0.640. The smallest absolute Gasteiger partial charge is 0.124 e. The topological polar surface area (TPSA) is 64.1 Å². The molecule has 2 rings (SSSR count).